The van der Waals surface area contributed by atoms with Gasteiger partial charge >= 0.3 is 0 Å². The van der Waals surface area contributed by atoms with Crippen molar-refractivity contribution in [1.29, 1.82) is 0 Å². The number of hydrogen-bond acceptors (Lipinski definition) is 4. The normalized spacial score (nSPS) is 12.8. The molecule has 1 aromatic heterocycles. The quantitative estimate of drug-likeness (QED) is 0.730. The summed E-state index contributed by atoms with van der Waals surface area (Å²) in [4.78, 5) is 23.1. The Hall–Kier alpha value is -2.38. The molecule has 2 amide bonds. The Morgan fingerprint density at radius 3 is 2.57 bits per heavy atom. The van der Waals surface area contributed by atoms with Gasteiger partial charge in [-0.2, -0.15) is 5.10 Å². The molecule has 0 spiro atoms. The molecular weight excluding hydrogens is 318 g/mol. The van der Waals surface area contributed by atoms with E-state index in [4.69, 9.17) is 11.5 Å². The summed E-state index contributed by atoms with van der Waals surface area (Å²) >= 11 is 0. The second kappa shape index (κ2) is 8.30. The molecule has 2 rings (SSSR count). The van der Waals surface area contributed by atoms with Crippen LogP contribution in [-0.2, 0) is 16.1 Å². The summed E-state index contributed by atoms with van der Waals surface area (Å²) in [6.45, 7) is 1.73. The van der Waals surface area contributed by atoms with Gasteiger partial charge in [-0.25, -0.2) is 0 Å². The number of halogens is 1. The van der Waals surface area contributed by atoms with Crippen molar-refractivity contribution in [2.75, 3.05) is 5.32 Å². The van der Waals surface area contributed by atoms with Crippen molar-refractivity contribution < 1.29 is 9.59 Å². The Morgan fingerprint density at radius 1 is 1.30 bits per heavy atom. The molecule has 0 radical (unpaired) electrons. The van der Waals surface area contributed by atoms with Gasteiger partial charge in [-0.15, -0.1) is 12.4 Å². The Labute approximate surface area is 140 Å². The van der Waals surface area contributed by atoms with Crippen LogP contribution < -0.4 is 16.8 Å². The van der Waals surface area contributed by atoms with Gasteiger partial charge in [0.25, 0.3) is 0 Å². The summed E-state index contributed by atoms with van der Waals surface area (Å²) in [6, 6.07) is 9.04. The highest BCUT2D eigenvalue weighted by molar-refractivity contribution is 5.92. The van der Waals surface area contributed by atoms with Crippen LogP contribution in [0.25, 0.3) is 0 Å². The van der Waals surface area contributed by atoms with Crippen LogP contribution in [0.4, 0.5) is 5.69 Å². The van der Waals surface area contributed by atoms with Gasteiger partial charge < -0.3 is 16.8 Å². The van der Waals surface area contributed by atoms with E-state index < -0.39 is 17.9 Å². The van der Waals surface area contributed by atoms with Crippen LogP contribution in [0.2, 0.25) is 0 Å². The van der Waals surface area contributed by atoms with Crippen molar-refractivity contribution in [1.82, 2.24) is 9.78 Å². The van der Waals surface area contributed by atoms with Gasteiger partial charge in [-0.05, 0) is 5.56 Å². The van der Waals surface area contributed by atoms with Crippen LogP contribution in [0.1, 0.15) is 18.5 Å². The average Bonchev–Trinajstić information content (AvgIpc) is 2.92. The van der Waals surface area contributed by atoms with E-state index >= 15 is 0 Å². The van der Waals surface area contributed by atoms with Crippen molar-refractivity contribution in [2.45, 2.75) is 19.5 Å². The van der Waals surface area contributed by atoms with Gasteiger partial charge in [0, 0.05) is 12.2 Å². The number of anilines is 1. The number of primary amides is 1. The number of nitrogens with one attached hydrogen (secondary N) is 1. The molecule has 2 unspecified atom stereocenters. The van der Waals surface area contributed by atoms with Crippen molar-refractivity contribution in [2.24, 2.45) is 17.4 Å². The third-order valence-corrected chi connectivity index (χ3v) is 3.36. The van der Waals surface area contributed by atoms with Crippen LogP contribution in [-0.4, -0.2) is 21.6 Å². The number of nitrogens with two attached hydrogens (primary N) is 2. The van der Waals surface area contributed by atoms with Crippen LogP contribution in [0.3, 0.4) is 0 Å². The molecule has 0 aliphatic rings. The highest BCUT2D eigenvalue weighted by Crippen LogP contribution is 2.20. The summed E-state index contributed by atoms with van der Waals surface area (Å²) in [7, 11) is 0. The van der Waals surface area contributed by atoms with E-state index in [2.05, 4.69) is 10.4 Å². The van der Waals surface area contributed by atoms with Crippen LogP contribution in [0.15, 0.2) is 42.7 Å². The minimum atomic E-state index is -0.500. The monoisotopic (exact) mass is 337 g/mol. The molecular formula is C15H20ClN5O2. The van der Waals surface area contributed by atoms with Gasteiger partial charge in [0.05, 0.1) is 17.8 Å². The molecule has 1 aromatic carbocycles. The maximum atomic E-state index is 12.2. The van der Waals surface area contributed by atoms with Crippen molar-refractivity contribution >= 4 is 29.9 Å². The second-order valence-corrected chi connectivity index (χ2v) is 5.11. The number of benzene rings is 1. The highest BCUT2D eigenvalue weighted by atomic mass is 35.5. The molecule has 0 aliphatic heterocycles. The average molecular weight is 338 g/mol. The Bertz CT molecular complexity index is 659. The summed E-state index contributed by atoms with van der Waals surface area (Å²) in [5.74, 6) is -1.13. The lowest BCUT2D eigenvalue weighted by Gasteiger charge is -2.19. The molecule has 5 N–H and O–H groups in total. The zero-order chi connectivity index (χ0) is 16.1. The third kappa shape index (κ3) is 5.08. The summed E-state index contributed by atoms with van der Waals surface area (Å²) in [5.41, 5.74) is 12.6. The highest BCUT2D eigenvalue weighted by Gasteiger charge is 2.22. The Balaban J connectivity index is 0.00000264. The van der Waals surface area contributed by atoms with Crippen LogP contribution in [0.5, 0.6) is 0 Å². The minimum Gasteiger partial charge on any atom is -0.368 e. The van der Waals surface area contributed by atoms with Gasteiger partial charge in [0.2, 0.25) is 11.8 Å². The van der Waals surface area contributed by atoms with Gasteiger partial charge in [0.15, 0.2) is 0 Å². The van der Waals surface area contributed by atoms with E-state index in [1.807, 2.05) is 30.3 Å². The first kappa shape index (κ1) is 18.7. The smallest absolute Gasteiger partial charge is 0.239 e. The number of hydrogen-bond donors (Lipinski definition) is 3. The molecule has 7 nitrogen and oxygen atoms in total. The molecule has 0 bridgehead atoms. The van der Waals surface area contributed by atoms with E-state index in [1.165, 1.54) is 10.9 Å². The van der Waals surface area contributed by atoms with E-state index in [-0.39, 0.29) is 24.9 Å². The minimum absolute atomic E-state index is 0. The van der Waals surface area contributed by atoms with Gasteiger partial charge in [-0.3, -0.25) is 14.3 Å². The van der Waals surface area contributed by atoms with Crippen molar-refractivity contribution in [3.63, 3.8) is 0 Å². The van der Waals surface area contributed by atoms with E-state index in [9.17, 15) is 9.59 Å². The molecule has 1 heterocycles. The molecule has 0 fully saturated rings. The summed E-state index contributed by atoms with van der Waals surface area (Å²) < 4.78 is 1.36. The Morgan fingerprint density at radius 2 is 1.96 bits per heavy atom. The molecule has 8 heteroatoms. The lowest BCUT2D eigenvalue weighted by atomic mass is 9.95. The molecule has 23 heavy (non-hydrogen) atoms. The lowest BCUT2D eigenvalue weighted by Crippen LogP contribution is -2.30. The molecule has 124 valence electrons. The maximum Gasteiger partial charge on any atom is 0.239 e. The van der Waals surface area contributed by atoms with Crippen molar-refractivity contribution in [3.05, 3.63) is 48.3 Å². The topological polar surface area (TPSA) is 116 Å². The Kier molecular flexibility index (Phi) is 6.74. The fraction of sp³-hybridized carbons (Fsp3) is 0.267. The summed E-state index contributed by atoms with van der Waals surface area (Å²) in [5, 5.41) is 6.67. The SMILES string of the molecule is CC(C(=O)Nc1cnn(CC(N)=O)c1)C(N)c1ccccc1.Cl. The number of carbonyl (C=O) groups is 2. The number of rotatable bonds is 6. The van der Waals surface area contributed by atoms with Gasteiger partial charge in [-0.1, -0.05) is 37.3 Å². The first-order chi connectivity index (χ1) is 10.5. The fourth-order valence-corrected chi connectivity index (χ4v) is 2.06. The molecule has 0 saturated heterocycles. The third-order valence-electron chi connectivity index (χ3n) is 3.36. The second-order valence-electron chi connectivity index (χ2n) is 5.11. The largest absolute Gasteiger partial charge is 0.368 e. The molecule has 2 aromatic rings. The summed E-state index contributed by atoms with van der Waals surface area (Å²) in [6.07, 6.45) is 3.00. The van der Waals surface area contributed by atoms with E-state index in [0.717, 1.165) is 5.56 Å². The molecule has 0 saturated carbocycles. The first-order valence-electron chi connectivity index (χ1n) is 6.89. The standard InChI is InChI=1S/C15H19N5O2.ClH/c1-10(14(17)11-5-3-2-4-6-11)15(22)19-12-7-18-20(8-12)9-13(16)21;/h2-8,10,14H,9,17H2,1H3,(H2,16,21)(H,19,22);1H. The fourth-order valence-electron chi connectivity index (χ4n) is 2.06. The number of nitrogens with zero attached hydrogens (tertiary/aromatic N) is 2. The van der Waals surface area contributed by atoms with Crippen LogP contribution in [0, 0.1) is 5.92 Å². The van der Waals surface area contributed by atoms with Crippen molar-refractivity contribution in [3.8, 4) is 0 Å². The predicted molar refractivity (Wildman–Crippen MR) is 89.8 cm³/mol. The zero-order valence-corrected chi connectivity index (χ0v) is 13.5. The number of amides is 2. The maximum absolute atomic E-state index is 12.2. The van der Waals surface area contributed by atoms with E-state index in [0.29, 0.717) is 5.69 Å². The molecule has 2 atom stereocenters. The first-order valence-corrected chi connectivity index (χ1v) is 6.89. The number of aromatic nitrogens is 2. The lowest BCUT2D eigenvalue weighted by molar-refractivity contribution is -0.120. The predicted octanol–water partition coefficient (Wildman–Crippen LogP) is 1.06. The van der Waals surface area contributed by atoms with Gasteiger partial charge in [0.1, 0.15) is 6.54 Å². The molecule has 0 aliphatic carbocycles. The zero-order valence-electron chi connectivity index (χ0n) is 12.7. The van der Waals surface area contributed by atoms with E-state index in [1.54, 1.807) is 13.1 Å². The van der Waals surface area contributed by atoms with Crippen LogP contribution >= 0.6 is 12.4 Å². The number of carbonyl (C=O) groups excluding carboxylic acids is 2.